The Kier molecular flexibility index (Phi) is 7.93. The summed E-state index contributed by atoms with van der Waals surface area (Å²) in [4.78, 5) is 20.2. The Morgan fingerprint density at radius 1 is 0.970 bits per heavy atom. The number of aromatic amines is 1. The maximum Gasteiger partial charge on any atom is 0.255 e. The lowest BCUT2D eigenvalue weighted by Crippen LogP contribution is -2.12. The predicted molar refractivity (Wildman–Crippen MR) is 135 cm³/mol. The van der Waals surface area contributed by atoms with Crippen molar-refractivity contribution in [2.75, 3.05) is 5.32 Å². The quantitative estimate of drug-likeness (QED) is 0.240. The number of para-hydroxylation sites is 1. The molecule has 1 heterocycles. The third-order valence-electron chi connectivity index (χ3n) is 5.33. The lowest BCUT2D eigenvalue weighted by atomic mass is 10.0. The van der Waals surface area contributed by atoms with Crippen LogP contribution in [0.15, 0.2) is 89.7 Å². The van der Waals surface area contributed by atoms with E-state index in [-0.39, 0.29) is 5.91 Å². The molecular formula is C27H26BrN3O2. The highest BCUT2D eigenvalue weighted by Gasteiger charge is 2.12. The zero-order valence-corrected chi connectivity index (χ0v) is 19.8. The van der Waals surface area contributed by atoms with Crippen molar-refractivity contribution >= 4 is 27.5 Å². The summed E-state index contributed by atoms with van der Waals surface area (Å²) in [5.74, 6) is 1.68. The monoisotopic (exact) mass is 503 g/mol. The highest BCUT2D eigenvalue weighted by Crippen LogP contribution is 2.25. The van der Waals surface area contributed by atoms with Gasteiger partial charge in [-0.15, -0.1) is 0 Å². The first kappa shape index (κ1) is 22.8. The number of H-pyrrole nitrogens is 1. The molecule has 3 aromatic carbocycles. The number of hydrogen-bond donors (Lipinski definition) is 2. The minimum Gasteiger partial charge on any atom is -0.489 e. The molecule has 0 fully saturated rings. The number of anilines is 1. The van der Waals surface area contributed by atoms with Gasteiger partial charge < -0.3 is 15.0 Å². The summed E-state index contributed by atoms with van der Waals surface area (Å²) in [6.45, 7) is 0.474. The van der Waals surface area contributed by atoms with Crippen LogP contribution in [-0.2, 0) is 19.4 Å². The molecule has 0 aliphatic heterocycles. The molecule has 0 spiro atoms. The smallest absolute Gasteiger partial charge is 0.255 e. The second-order valence-electron chi connectivity index (χ2n) is 7.80. The van der Waals surface area contributed by atoms with Gasteiger partial charge >= 0.3 is 0 Å². The maximum absolute atomic E-state index is 12.8. The van der Waals surface area contributed by atoms with Gasteiger partial charge in [0.05, 0.1) is 0 Å². The topological polar surface area (TPSA) is 67.0 Å². The zero-order valence-electron chi connectivity index (χ0n) is 18.3. The number of hydrogen-bond acceptors (Lipinski definition) is 3. The van der Waals surface area contributed by atoms with Crippen LogP contribution >= 0.6 is 15.9 Å². The molecule has 0 radical (unpaired) electrons. The van der Waals surface area contributed by atoms with E-state index < -0.39 is 0 Å². The van der Waals surface area contributed by atoms with Gasteiger partial charge in [0.15, 0.2) is 0 Å². The summed E-state index contributed by atoms with van der Waals surface area (Å²) >= 11 is 3.46. The number of aromatic nitrogens is 2. The number of amides is 1. The molecule has 1 aromatic heterocycles. The number of aryl methyl sites for hydroxylation is 2. The van der Waals surface area contributed by atoms with E-state index in [1.165, 1.54) is 0 Å². The van der Waals surface area contributed by atoms with Crippen LogP contribution in [0.4, 0.5) is 5.69 Å². The Hall–Kier alpha value is -3.38. The summed E-state index contributed by atoms with van der Waals surface area (Å²) in [7, 11) is 0. The van der Waals surface area contributed by atoms with Gasteiger partial charge in [-0.1, -0.05) is 46.3 Å². The number of rotatable bonds is 10. The molecule has 1 amide bonds. The Labute approximate surface area is 202 Å². The summed E-state index contributed by atoms with van der Waals surface area (Å²) in [5.41, 5.74) is 3.52. The minimum absolute atomic E-state index is 0.127. The molecule has 0 aliphatic rings. The summed E-state index contributed by atoms with van der Waals surface area (Å²) in [5, 5.41) is 2.96. The third kappa shape index (κ3) is 6.80. The van der Waals surface area contributed by atoms with Gasteiger partial charge in [0.25, 0.3) is 5.91 Å². The molecule has 0 saturated carbocycles. The van der Waals surface area contributed by atoms with Gasteiger partial charge in [-0.2, -0.15) is 0 Å². The summed E-state index contributed by atoms with van der Waals surface area (Å²) in [6, 6.07) is 23.2. The fourth-order valence-corrected chi connectivity index (χ4v) is 3.83. The van der Waals surface area contributed by atoms with Crippen LogP contribution in [0.2, 0.25) is 0 Å². The molecule has 2 N–H and O–H groups in total. The van der Waals surface area contributed by atoms with E-state index in [1.54, 1.807) is 6.20 Å². The summed E-state index contributed by atoms with van der Waals surface area (Å²) < 4.78 is 7.19. The molecule has 6 heteroatoms. The lowest BCUT2D eigenvalue weighted by Gasteiger charge is -2.14. The number of halogens is 1. The molecule has 0 unspecified atom stereocenters. The summed E-state index contributed by atoms with van der Waals surface area (Å²) in [6.07, 6.45) is 7.31. The average Bonchev–Trinajstić information content (AvgIpc) is 3.36. The van der Waals surface area contributed by atoms with E-state index >= 15 is 0 Å². The number of imidazole rings is 1. The highest BCUT2D eigenvalue weighted by molar-refractivity contribution is 9.10. The predicted octanol–water partition coefficient (Wildman–Crippen LogP) is 6.57. The van der Waals surface area contributed by atoms with Gasteiger partial charge in [0.2, 0.25) is 0 Å². The fraction of sp³-hybridized carbons (Fsp3) is 0.185. The van der Waals surface area contributed by atoms with Crippen LogP contribution in [0.3, 0.4) is 0 Å². The molecule has 168 valence electrons. The molecule has 0 atom stereocenters. The van der Waals surface area contributed by atoms with E-state index in [4.69, 9.17) is 4.74 Å². The Balaban J connectivity index is 1.45. The van der Waals surface area contributed by atoms with E-state index in [0.717, 1.165) is 58.5 Å². The first-order valence-corrected chi connectivity index (χ1v) is 11.8. The zero-order chi connectivity index (χ0) is 22.9. The standard InChI is InChI=1S/C27H26BrN3O2/c28-23-13-10-20(11-14-23)19-33-25-15-12-22(27(32)31-24-7-2-1-3-8-24)18-21(25)6-4-5-9-26-29-16-17-30-26/h1-3,7-8,10-18H,4-6,9,19H2,(H,29,30)(H,31,32). The van der Waals surface area contributed by atoms with Crippen molar-refractivity contribution < 1.29 is 9.53 Å². The van der Waals surface area contributed by atoms with Crippen molar-refractivity contribution in [3.05, 3.63) is 112 Å². The Morgan fingerprint density at radius 3 is 2.52 bits per heavy atom. The van der Waals surface area contributed by atoms with Crippen molar-refractivity contribution in [2.45, 2.75) is 32.3 Å². The molecule has 4 rings (SSSR count). The number of carbonyl (C=O) groups excluding carboxylic acids is 1. The normalized spacial score (nSPS) is 10.7. The minimum atomic E-state index is -0.127. The third-order valence-corrected chi connectivity index (χ3v) is 5.86. The average molecular weight is 504 g/mol. The van der Waals surface area contributed by atoms with Gasteiger partial charge in [0, 0.05) is 34.5 Å². The fourth-order valence-electron chi connectivity index (χ4n) is 3.57. The van der Waals surface area contributed by atoms with E-state index in [0.29, 0.717) is 12.2 Å². The van der Waals surface area contributed by atoms with Crippen LogP contribution in [0.5, 0.6) is 5.75 Å². The van der Waals surface area contributed by atoms with Crippen molar-refractivity contribution in [1.82, 2.24) is 9.97 Å². The Bertz CT molecular complexity index is 1160. The van der Waals surface area contributed by atoms with Crippen LogP contribution in [0, 0.1) is 0 Å². The molecule has 0 saturated heterocycles. The van der Waals surface area contributed by atoms with Gasteiger partial charge in [-0.25, -0.2) is 4.98 Å². The molecular weight excluding hydrogens is 478 g/mol. The van der Waals surface area contributed by atoms with Crippen LogP contribution in [-0.4, -0.2) is 15.9 Å². The SMILES string of the molecule is O=C(Nc1ccccc1)c1ccc(OCc2ccc(Br)cc2)c(CCCCc2ncc[nH]2)c1. The van der Waals surface area contributed by atoms with Crippen molar-refractivity contribution in [2.24, 2.45) is 0 Å². The van der Waals surface area contributed by atoms with E-state index in [1.807, 2.05) is 79.0 Å². The molecule has 33 heavy (non-hydrogen) atoms. The molecule has 4 aromatic rings. The highest BCUT2D eigenvalue weighted by atomic mass is 79.9. The van der Waals surface area contributed by atoms with Crippen LogP contribution in [0.1, 0.15) is 40.2 Å². The number of ether oxygens (including phenoxy) is 1. The second kappa shape index (κ2) is 11.5. The number of unbranched alkanes of at least 4 members (excludes halogenated alkanes) is 1. The number of nitrogens with zero attached hydrogens (tertiary/aromatic N) is 1. The first-order valence-electron chi connectivity index (χ1n) is 11.0. The molecule has 0 bridgehead atoms. The molecule has 5 nitrogen and oxygen atoms in total. The first-order chi connectivity index (χ1) is 16.2. The van der Waals surface area contributed by atoms with E-state index in [9.17, 15) is 4.79 Å². The van der Waals surface area contributed by atoms with E-state index in [2.05, 4.69) is 31.2 Å². The number of benzene rings is 3. The van der Waals surface area contributed by atoms with Crippen molar-refractivity contribution in [1.29, 1.82) is 0 Å². The lowest BCUT2D eigenvalue weighted by molar-refractivity contribution is 0.102. The largest absolute Gasteiger partial charge is 0.489 e. The second-order valence-corrected chi connectivity index (χ2v) is 8.72. The maximum atomic E-state index is 12.8. The number of carbonyl (C=O) groups is 1. The van der Waals surface area contributed by atoms with Gasteiger partial charge in [-0.05, 0) is 72.9 Å². The van der Waals surface area contributed by atoms with Crippen molar-refractivity contribution in [3.63, 3.8) is 0 Å². The molecule has 0 aliphatic carbocycles. The Morgan fingerprint density at radius 2 is 1.76 bits per heavy atom. The van der Waals surface area contributed by atoms with Gasteiger partial charge in [0.1, 0.15) is 18.2 Å². The van der Waals surface area contributed by atoms with Crippen LogP contribution < -0.4 is 10.1 Å². The van der Waals surface area contributed by atoms with Crippen LogP contribution in [0.25, 0.3) is 0 Å². The van der Waals surface area contributed by atoms with Crippen molar-refractivity contribution in [3.8, 4) is 5.75 Å². The van der Waals surface area contributed by atoms with Gasteiger partial charge in [-0.3, -0.25) is 4.79 Å². The number of nitrogens with one attached hydrogen (secondary N) is 2.